The van der Waals surface area contributed by atoms with Gasteiger partial charge in [-0.1, -0.05) is 0 Å². The molecule has 3 nitrogen and oxygen atoms in total. The highest BCUT2D eigenvalue weighted by Crippen LogP contribution is 2.32. The Hall–Kier alpha value is -0.780. The van der Waals surface area contributed by atoms with Crippen LogP contribution >= 0.6 is 22.6 Å². The van der Waals surface area contributed by atoms with Crippen molar-refractivity contribution >= 4 is 28.5 Å². The molecular formula is C13H16INO2. The molecule has 0 heterocycles. The second kappa shape index (κ2) is 5.25. The van der Waals surface area contributed by atoms with Crippen LogP contribution in [0.3, 0.4) is 0 Å². The Labute approximate surface area is 115 Å². The van der Waals surface area contributed by atoms with Crippen LogP contribution in [0.5, 0.6) is 5.75 Å². The number of nitrogens with one attached hydrogen (secondary N) is 1. The molecule has 0 unspecified atom stereocenters. The van der Waals surface area contributed by atoms with E-state index in [0.29, 0.717) is 0 Å². The van der Waals surface area contributed by atoms with Crippen molar-refractivity contribution in [3.8, 4) is 5.75 Å². The molecule has 1 aromatic carbocycles. The number of hydrogen-bond acceptors (Lipinski definition) is 2. The molecule has 1 N–H and O–H groups in total. The van der Waals surface area contributed by atoms with E-state index in [9.17, 15) is 4.79 Å². The molecule has 0 aromatic heterocycles. The minimum atomic E-state index is 0.0445. The summed E-state index contributed by atoms with van der Waals surface area (Å²) in [4.78, 5) is 11.1. The minimum Gasteiger partial charge on any atom is -0.496 e. The third-order valence-electron chi connectivity index (χ3n) is 3.15. The molecule has 1 aromatic rings. The SMILES string of the molecule is COc1ccc(I)c2c1C[C@H](NC(C)=O)CC2. The summed E-state index contributed by atoms with van der Waals surface area (Å²) in [6.45, 7) is 1.57. The van der Waals surface area contributed by atoms with E-state index in [1.807, 2.05) is 6.07 Å². The van der Waals surface area contributed by atoms with Crippen LogP contribution in [0.15, 0.2) is 12.1 Å². The molecule has 1 amide bonds. The molecule has 92 valence electrons. The molecular weight excluding hydrogens is 329 g/mol. The number of carbonyl (C=O) groups excluding carboxylic acids is 1. The van der Waals surface area contributed by atoms with Crippen molar-refractivity contribution in [3.63, 3.8) is 0 Å². The molecule has 17 heavy (non-hydrogen) atoms. The Morgan fingerprint density at radius 3 is 2.88 bits per heavy atom. The molecule has 0 radical (unpaired) electrons. The van der Waals surface area contributed by atoms with Gasteiger partial charge < -0.3 is 10.1 Å². The van der Waals surface area contributed by atoms with Gasteiger partial charge in [-0.15, -0.1) is 0 Å². The van der Waals surface area contributed by atoms with Crippen LogP contribution in [0.4, 0.5) is 0 Å². The van der Waals surface area contributed by atoms with E-state index < -0.39 is 0 Å². The number of hydrogen-bond donors (Lipinski definition) is 1. The van der Waals surface area contributed by atoms with E-state index in [0.717, 1.165) is 25.0 Å². The molecule has 0 saturated carbocycles. The van der Waals surface area contributed by atoms with Gasteiger partial charge in [-0.2, -0.15) is 0 Å². The van der Waals surface area contributed by atoms with Crippen LogP contribution in [0.2, 0.25) is 0 Å². The first-order valence-corrected chi connectivity index (χ1v) is 6.81. The molecule has 4 heteroatoms. The van der Waals surface area contributed by atoms with Crippen LogP contribution in [0, 0.1) is 3.57 Å². The third-order valence-corrected chi connectivity index (χ3v) is 4.16. The zero-order chi connectivity index (χ0) is 12.4. The minimum absolute atomic E-state index is 0.0445. The second-order valence-electron chi connectivity index (χ2n) is 4.35. The van der Waals surface area contributed by atoms with Crippen LogP contribution in [0.25, 0.3) is 0 Å². The van der Waals surface area contributed by atoms with E-state index in [-0.39, 0.29) is 11.9 Å². The smallest absolute Gasteiger partial charge is 0.217 e. The number of ether oxygens (including phenoxy) is 1. The lowest BCUT2D eigenvalue weighted by Crippen LogP contribution is -2.37. The van der Waals surface area contributed by atoms with Gasteiger partial charge in [0, 0.05) is 22.1 Å². The highest BCUT2D eigenvalue weighted by molar-refractivity contribution is 14.1. The standard InChI is InChI=1S/C13H16INO2/c1-8(16)15-9-3-4-10-11(7-9)13(17-2)6-5-12(10)14/h5-6,9H,3-4,7H2,1-2H3,(H,15,16)/t9-/m1/s1. The van der Waals surface area contributed by atoms with Crippen molar-refractivity contribution in [3.05, 3.63) is 26.8 Å². The lowest BCUT2D eigenvalue weighted by Gasteiger charge is -2.27. The number of carbonyl (C=O) groups is 1. The van der Waals surface area contributed by atoms with Crippen molar-refractivity contribution in [2.45, 2.75) is 32.2 Å². The number of amides is 1. The van der Waals surface area contributed by atoms with Crippen LogP contribution in [-0.2, 0) is 17.6 Å². The average molecular weight is 345 g/mol. The fourth-order valence-electron chi connectivity index (χ4n) is 2.41. The van der Waals surface area contributed by atoms with Crippen molar-refractivity contribution in [1.29, 1.82) is 0 Å². The van der Waals surface area contributed by atoms with Gasteiger partial charge in [-0.05, 0) is 59.5 Å². The summed E-state index contributed by atoms with van der Waals surface area (Å²) >= 11 is 2.37. The Bertz CT molecular complexity index is 445. The summed E-state index contributed by atoms with van der Waals surface area (Å²) in [5, 5.41) is 3.00. The van der Waals surface area contributed by atoms with Gasteiger partial charge in [0.2, 0.25) is 5.91 Å². The van der Waals surface area contributed by atoms with Gasteiger partial charge >= 0.3 is 0 Å². The first kappa shape index (κ1) is 12.7. The van der Waals surface area contributed by atoms with E-state index >= 15 is 0 Å². The molecule has 1 atom stereocenters. The summed E-state index contributed by atoms with van der Waals surface area (Å²) in [5.74, 6) is 0.985. The van der Waals surface area contributed by atoms with Crippen LogP contribution in [-0.4, -0.2) is 19.1 Å². The third kappa shape index (κ3) is 2.73. The molecule has 1 aliphatic rings. The maximum absolute atomic E-state index is 11.1. The molecule has 0 saturated heterocycles. The Balaban J connectivity index is 2.29. The van der Waals surface area contributed by atoms with Gasteiger partial charge in [0.15, 0.2) is 0 Å². The number of benzene rings is 1. The first-order chi connectivity index (χ1) is 8.11. The fraction of sp³-hybridized carbons (Fsp3) is 0.462. The predicted octanol–water partition coefficient (Wildman–Crippen LogP) is 2.29. The maximum atomic E-state index is 11.1. The van der Waals surface area contributed by atoms with E-state index in [2.05, 4.69) is 34.0 Å². The molecule has 1 aliphatic carbocycles. The molecule has 0 bridgehead atoms. The summed E-state index contributed by atoms with van der Waals surface area (Å²) in [6.07, 6.45) is 2.89. The van der Waals surface area contributed by atoms with Gasteiger partial charge in [0.1, 0.15) is 5.75 Å². The zero-order valence-electron chi connectivity index (χ0n) is 10.0. The topological polar surface area (TPSA) is 38.3 Å². The first-order valence-electron chi connectivity index (χ1n) is 5.73. The van der Waals surface area contributed by atoms with E-state index in [1.54, 1.807) is 14.0 Å². The monoisotopic (exact) mass is 345 g/mol. The summed E-state index contributed by atoms with van der Waals surface area (Å²) in [5.41, 5.74) is 2.64. The van der Waals surface area contributed by atoms with Crippen molar-refractivity contribution < 1.29 is 9.53 Å². The summed E-state index contributed by atoms with van der Waals surface area (Å²) in [6, 6.07) is 4.35. The Morgan fingerprint density at radius 2 is 2.24 bits per heavy atom. The number of methoxy groups -OCH3 is 1. The Kier molecular flexibility index (Phi) is 3.91. The van der Waals surface area contributed by atoms with E-state index in [1.165, 1.54) is 14.7 Å². The quantitative estimate of drug-likeness (QED) is 0.836. The lowest BCUT2D eigenvalue weighted by atomic mass is 9.87. The highest BCUT2D eigenvalue weighted by Gasteiger charge is 2.23. The largest absolute Gasteiger partial charge is 0.496 e. The Morgan fingerprint density at radius 1 is 1.47 bits per heavy atom. The second-order valence-corrected chi connectivity index (χ2v) is 5.51. The van der Waals surface area contributed by atoms with E-state index in [4.69, 9.17) is 4.74 Å². The van der Waals surface area contributed by atoms with Crippen LogP contribution < -0.4 is 10.1 Å². The van der Waals surface area contributed by atoms with Gasteiger partial charge in [-0.3, -0.25) is 4.79 Å². The lowest BCUT2D eigenvalue weighted by molar-refractivity contribution is -0.119. The predicted molar refractivity (Wildman–Crippen MR) is 75.3 cm³/mol. The number of halogens is 1. The number of fused-ring (bicyclic) bond motifs is 1. The summed E-state index contributed by atoms with van der Waals surface area (Å²) in [7, 11) is 1.70. The van der Waals surface area contributed by atoms with Crippen LogP contribution in [0.1, 0.15) is 24.5 Å². The molecule has 0 spiro atoms. The zero-order valence-corrected chi connectivity index (χ0v) is 12.2. The normalized spacial score (nSPS) is 18.4. The van der Waals surface area contributed by atoms with Crippen molar-refractivity contribution in [2.75, 3.05) is 7.11 Å². The molecule has 2 rings (SSSR count). The van der Waals surface area contributed by atoms with Gasteiger partial charge in [0.05, 0.1) is 7.11 Å². The average Bonchev–Trinajstić information content (AvgIpc) is 2.29. The maximum Gasteiger partial charge on any atom is 0.217 e. The fourth-order valence-corrected chi connectivity index (χ4v) is 3.18. The highest BCUT2D eigenvalue weighted by atomic mass is 127. The van der Waals surface area contributed by atoms with Gasteiger partial charge in [0.25, 0.3) is 0 Å². The van der Waals surface area contributed by atoms with Crippen molar-refractivity contribution in [2.24, 2.45) is 0 Å². The summed E-state index contributed by atoms with van der Waals surface area (Å²) < 4.78 is 6.70. The number of rotatable bonds is 2. The van der Waals surface area contributed by atoms with Crippen molar-refractivity contribution in [1.82, 2.24) is 5.32 Å². The molecule has 0 fully saturated rings. The molecule has 0 aliphatic heterocycles. The van der Waals surface area contributed by atoms with Gasteiger partial charge in [-0.25, -0.2) is 0 Å².